The van der Waals surface area contributed by atoms with Gasteiger partial charge in [0.2, 0.25) is 5.13 Å². The van der Waals surface area contributed by atoms with Gasteiger partial charge in [-0.3, -0.25) is 14.4 Å². The molecule has 0 saturated heterocycles. The molecule has 1 atom stereocenters. The van der Waals surface area contributed by atoms with E-state index in [4.69, 9.17) is 4.74 Å². The number of hydrogen-bond acceptors (Lipinski definition) is 7. The Kier molecular flexibility index (Phi) is 5.76. The van der Waals surface area contributed by atoms with Crippen LogP contribution in [0.4, 0.5) is 10.8 Å². The Morgan fingerprint density at radius 2 is 1.74 bits per heavy atom. The van der Waals surface area contributed by atoms with E-state index in [0.29, 0.717) is 21.6 Å². The average Bonchev–Trinajstić information content (AvgIpc) is 3.33. The van der Waals surface area contributed by atoms with Crippen molar-refractivity contribution in [3.63, 3.8) is 0 Å². The Hall–Kier alpha value is -3.76. The number of sulfonamides is 1. The molecule has 34 heavy (non-hydrogen) atoms. The summed E-state index contributed by atoms with van der Waals surface area (Å²) in [7, 11) is -3.92. The Morgan fingerprint density at radius 1 is 1.03 bits per heavy atom. The molecule has 1 aromatic heterocycles. The summed E-state index contributed by atoms with van der Waals surface area (Å²) in [5.74, 6) is -0.186. The molecule has 0 radical (unpaired) electrons. The van der Waals surface area contributed by atoms with Crippen LogP contribution in [0.2, 0.25) is 0 Å². The number of aromatic nitrogens is 2. The first-order valence-electron chi connectivity index (χ1n) is 10.5. The standard InChI is InChI=1S/C24H20N4O4S2/c1-16-12-13-20-19(14-16)28(34(30,31)18-10-6-3-7-11-18)15-21(32-20)22(29)25-24-27-26-23(33-24)17-8-4-2-5-9-17/h2-14,21H,15H2,1H3,(H,25,27,29)/t21-/m0/s1. The number of rotatable bonds is 5. The maximum absolute atomic E-state index is 13.5. The normalized spacial score (nSPS) is 15.3. The molecule has 0 spiro atoms. The van der Waals surface area contributed by atoms with Gasteiger partial charge in [-0.25, -0.2) is 8.42 Å². The number of anilines is 2. The maximum Gasteiger partial charge on any atom is 0.269 e. The first-order valence-corrected chi connectivity index (χ1v) is 12.7. The van der Waals surface area contributed by atoms with Crippen LogP contribution in [0.3, 0.4) is 0 Å². The maximum atomic E-state index is 13.5. The van der Waals surface area contributed by atoms with Crippen LogP contribution in [0, 0.1) is 6.92 Å². The number of nitrogens with zero attached hydrogens (tertiary/aromatic N) is 3. The smallest absolute Gasteiger partial charge is 0.269 e. The van der Waals surface area contributed by atoms with Crippen molar-refractivity contribution in [1.29, 1.82) is 0 Å². The molecule has 0 unspecified atom stereocenters. The van der Waals surface area contributed by atoms with Crippen molar-refractivity contribution in [2.75, 3.05) is 16.2 Å². The minimum absolute atomic E-state index is 0.139. The zero-order valence-electron chi connectivity index (χ0n) is 18.1. The molecule has 0 bridgehead atoms. The zero-order chi connectivity index (χ0) is 23.7. The highest BCUT2D eigenvalue weighted by Crippen LogP contribution is 2.38. The van der Waals surface area contributed by atoms with Crippen molar-refractivity contribution in [3.05, 3.63) is 84.4 Å². The molecule has 0 saturated carbocycles. The van der Waals surface area contributed by atoms with E-state index < -0.39 is 22.0 Å². The summed E-state index contributed by atoms with van der Waals surface area (Å²) in [6.07, 6.45) is -1.07. The van der Waals surface area contributed by atoms with Gasteiger partial charge in [-0.1, -0.05) is 65.9 Å². The van der Waals surface area contributed by atoms with Gasteiger partial charge in [0, 0.05) is 5.56 Å². The van der Waals surface area contributed by atoms with Crippen molar-refractivity contribution in [2.24, 2.45) is 0 Å². The molecule has 8 nitrogen and oxygen atoms in total. The highest BCUT2D eigenvalue weighted by molar-refractivity contribution is 7.92. The predicted octanol–water partition coefficient (Wildman–Crippen LogP) is 4.11. The van der Waals surface area contributed by atoms with Gasteiger partial charge in [0.05, 0.1) is 17.1 Å². The first-order chi connectivity index (χ1) is 16.4. The Bertz CT molecular complexity index is 1440. The molecule has 0 fully saturated rings. The molecule has 1 aliphatic heterocycles. The largest absolute Gasteiger partial charge is 0.476 e. The van der Waals surface area contributed by atoms with E-state index in [9.17, 15) is 13.2 Å². The molecule has 1 aliphatic rings. The molecule has 3 aromatic carbocycles. The third kappa shape index (κ3) is 4.25. The molecule has 0 aliphatic carbocycles. The van der Waals surface area contributed by atoms with Crippen LogP contribution >= 0.6 is 11.3 Å². The molecule has 4 aromatic rings. The lowest BCUT2D eigenvalue weighted by Crippen LogP contribution is -2.48. The Morgan fingerprint density at radius 3 is 2.47 bits per heavy atom. The molecule has 172 valence electrons. The van der Waals surface area contributed by atoms with Crippen LogP contribution in [0.25, 0.3) is 10.6 Å². The Balaban J connectivity index is 1.43. The van der Waals surface area contributed by atoms with Gasteiger partial charge >= 0.3 is 0 Å². The molecular weight excluding hydrogens is 472 g/mol. The third-order valence-corrected chi connectivity index (χ3v) is 7.97. The second-order valence-electron chi connectivity index (χ2n) is 7.69. The molecule has 10 heteroatoms. The van der Waals surface area contributed by atoms with Crippen LogP contribution in [0.5, 0.6) is 5.75 Å². The molecular formula is C24H20N4O4S2. The van der Waals surface area contributed by atoms with Gasteiger partial charge in [0.1, 0.15) is 10.8 Å². The van der Waals surface area contributed by atoms with Crippen LogP contribution in [-0.4, -0.2) is 37.2 Å². The van der Waals surface area contributed by atoms with E-state index in [2.05, 4.69) is 15.5 Å². The first kappa shape index (κ1) is 22.1. The SMILES string of the molecule is Cc1ccc2c(c1)N(S(=O)(=O)c1ccccc1)C[C@@H](C(=O)Nc1nnc(-c3ccccc3)s1)O2. The fourth-order valence-electron chi connectivity index (χ4n) is 3.60. The monoisotopic (exact) mass is 492 g/mol. The van der Waals surface area contributed by atoms with E-state index in [1.54, 1.807) is 30.3 Å². The molecule has 5 rings (SSSR count). The summed E-state index contributed by atoms with van der Waals surface area (Å²) < 4.78 is 34.1. The number of hydrogen-bond donors (Lipinski definition) is 1. The second-order valence-corrected chi connectivity index (χ2v) is 10.5. The van der Waals surface area contributed by atoms with Gasteiger partial charge in [-0.2, -0.15) is 0 Å². The van der Waals surface area contributed by atoms with Gasteiger partial charge in [0.25, 0.3) is 15.9 Å². The predicted molar refractivity (Wildman–Crippen MR) is 131 cm³/mol. The second kappa shape index (κ2) is 8.88. The summed E-state index contributed by atoms with van der Waals surface area (Å²) >= 11 is 1.23. The van der Waals surface area contributed by atoms with Crippen molar-refractivity contribution < 1.29 is 17.9 Å². The number of nitrogens with one attached hydrogen (secondary N) is 1. The minimum atomic E-state index is -3.92. The van der Waals surface area contributed by atoms with E-state index in [-0.39, 0.29) is 11.4 Å². The topological polar surface area (TPSA) is 101 Å². The van der Waals surface area contributed by atoms with Gasteiger partial charge in [-0.15, -0.1) is 10.2 Å². The molecule has 1 N–H and O–H groups in total. The van der Waals surface area contributed by atoms with Crippen LogP contribution in [0.15, 0.2) is 83.8 Å². The molecule has 2 heterocycles. The lowest BCUT2D eigenvalue weighted by Gasteiger charge is -2.34. The quantitative estimate of drug-likeness (QED) is 0.450. The third-order valence-electron chi connectivity index (χ3n) is 5.28. The summed E-state index contributed by atoms with van der Waals surface area (Å²) in [6.45, 7) is 1.69. The summed E-state index contributed by atoms with van der Waals surface area (Å²) in [5, 5.41) is 11.9. The number of fused-ring (bicyclic) bond motifs is 1. The van der Waals surface area contributed by atoms with Gasteiger partial charge < -0.3 is 4.74 Å². The van der Waals surface area contributed by atoms with Crippen molar-refractivity contribution >= 4 is 38.1 Å². The summed E-state index contributed by atoms with van der Waals surface area (Å²) in [6, 6.07) is 22.9. The van der Waals surface area contributed by atoms with Gasteiger partial charge in [-0.05, 0) is 36.8 Å². The highest BCUT2D eigenvalue weighted by Gasteiger charge is 2.38. The highest BCUT2D eigenvalue weighted by atomic mass is 32.2. The summed E-state index contributed by atoms with van der Waals surface area (Å²) in [5.41, 5.74) is 2.16. The lowest BCUT2D eigenvalue weighted by molar-refractivity contribution is -0.122. The summed E-state index contributed by atoms with van der Waals surface area (Å²) in [4.78, 5) is 13.2. The van der Waals surface area contributed by atoms with Gasteiger partial charge in [0.15, 0.2) is 6.10 Å². The number of aryl methyl sites for hydroxylation is 1. The minimum Gasteiger partial charge on any atom is -0.476 e. The number of benzene rings is 3. The lowest BCUT2D eigenvalue weighted by atomic mass is 10.1. The van der Waals surface area contributed by atoms with Crippen LogP contribution in [0.1, 0.15) is 5.56 Å². The van der Waals surface area contributed by atoms with Crippen LogP contribution in [-0.2, 0) is 14.8 Å². The number of ether oxygens (including phenoxy) is 1. The van der Waals surface area contributed by atoms with Crippen molar-refractivity contribution in [3.8, 4) is 16.3 Å². The fraction of sp³-hybridized carbons (Fsp3) is 0.125. The number of carbonyl (C=O) groups excluding carboxylic acids is 1. The van der Waals surface area contributed by atoms with E-state index >= 15 is 0 Å². The fourth-order valence-corrected chi connectivity index (χ4v) is 5.84. The number of amides is 1. The van der Waals surface area contributed by atoms with E-state index in [1.165, 1.54) is 27.8 Å². The zero-order valence-corrected chi connectivity index (χ0v) is 19.7. The molecule has 1 amide bonds. The van der Waals surface area contributed by atoms with Crippen molar-refractivity contribution in [1.82, 2.24) is 10.2 Å². The average molecular weight is 493 g/mol. The van der Waals surface area contributed by atoms with Crippen molar-refractivity contribution in [2.45, 2.75) is 17.9 Å². The number of carbonyl (C=O) groups is 1. The van der Waals surface area contributed by atoms with E-state index in [1.807, 2.05) is 43.3 Å². The van der Waals surface area contributed by atoms with E-state index in [0.717, 1.165) is 11.1 Å². The van der Waals surface area contributed by atoms with Crippen LogP contribution < -0.4 is 14.4 Å². The Labute approximate surface area is 200 Å².